The highest BCUT2D eigenvalue weighted by Crippen LogP contribution is 2.28. The molecular formula is C13H21NO3S. The van der Waals surface area contributed by atoms with Gasteiger partial charge in [-0.05, 0) is 30.5 Å². The maximum absolute atomic E-state index is 12.4. The maximum atomic E-state index is 12.4. The SMILES string of the molecule is CC(N(C)S(=O)(=O)c1cccc(O)c1)C(C)(C)C. The standard InChI is InChI=1S/C13H21NO3S/c1-10(13(2,3)4)14(5)18(16,17)12-8-6-7-11(15)9-12/h6-10,15H,1-5H3. The van der Waals surface area contributed by atoms with E-state index < -0.39 is 10.0 Å². The molecule has 5 heteroatoms. The summed E-state index contributed by atoms with van der Waals surface area (Å²) in [7, 11) is -2.01. The lowest BCUT2D eigenvalue weighted by molar-refractivity contribution is 0.216. The Labute approximate surface area is 109 Å². The van der Waals surface area contributed by atoms with Crippen molar-refractivity contribution in [3.63, 3.8) is 0 Å². The Kier molecular flexibility index (Phi) is 4.08. The zero-order chi connectivity index (χ0) is 14.1. The predicted octanol–water partition coefficient (Wildman–Crippen LogP) is 2.45. The topological polar surface area (TPSA) is 57.6 Å². The molecular weight excluding hydrogens is 250 g/mol. The molecule has 102 valence electrons. The number of rotatable bonds is 3. The van der Waals surface area contributed by atoms with Crippen LogP contribution in [0.2, 0.25) is 0 Å². The number of phenolic OH excluding ortho intramolecular Hbond substituents is 1. The van der Waals surface area contributed by atoms with Crippen LogP contribution < -0.4 is 0 Å². The lowest BCUT2D eigenvalue weighted by Gasteiger charge is -2.34. The monoisotopic (exact) mass is 271 g/mol. The van der Waals surface area contributed by atoms with E-state index in [4.69, 9.17) is 0 Å². The fourth-order valence-corrected chi connectivity index (χ4v) is 3.15. The Balaban J connectivity index is 3.15. The second kappa shape index (κ2) is 4.90. The van der Waals surface area contributed by atoms with Gasteiger partial charge in [0, 0.05) is 13.1 Å². The summed E-state index contributed by atoms with van der Waals surface area (Å²) in [5, 5.41) is 9.37. The lowest BCUT2D eigenvalue weighted by Crippen LogP contribution is -2.42. The van der Waals surface area contributed by atoms with Crippen molar-refractivity contribution in [2.45, 2.75) is 38.6 Å². The van der Waals surface area contributed by atoms with Crippen molar-refractivity contribution in [2.24, 2.45) is 5.41 Å². The van der Waals surface area contributed by atoms with Gasteiger partial charge in [-0.3, -0.25) is 0 Å². The first-order valence-corrected chi connectivity index (χ1v) is 7.28. The van der Waals surface area contributed by atoms with Gasteiger partial charge in [0.15, 0.2) is 0 Å². The van der Waals surface area contributed by atoms with Crippen LogP contribution in [-0.4, -0.2) is 30.9 Å². The third kappa shape index (κ3) is 3.03. The van der Waals surface area contributed by atoms with Crippen LogP contribution in [-0.2, 0) is 10.0 Å². The number of aromatic hydroxyl groups is 1. The van der Waals surface area contributed by atoms with Crippen LogP contribution >= 0.6 is 0 Å². The number of nitrogens with zero attached hydrogens (tertiary/aromatic N) is 1. The fourth-order valence-electron chi connectivity index (χ4n) is 1.56. The van der Waals surface area contributed by atoms with Gasteiger partial charge < -0.3 is 5.11 Å². The highest BCUT2D eigenvalue weighted by atomic mass is 32.2. The Morgan fingerprint density at radius 1 is 1.28 bits per heavy atom. The molecule has 0 fully saturated rings. The molecule has 1 aromatic carbocycles. The van der Waals surface area contributed by atoms with Crippen LogP contribution in [0.3, 0.4) is 0 Å². The van der Waals surface area contributed by atoms with E-state index in [1.807, 2.05) is 27.7 Å². The quantitative estimate of drug-likeness (QED) is 0.918. The summed E-state index contributed by atoms with van der Waals surface area (Å²) in [4.78, 5) is 0.112. The first-order chi connectivity index (χ1) is 8.06. The number of phenols is 1. The summed E-state index contributed by atoms with van der Waals surface area (Å²) in [6, 6.07) is 5.58. The van der Waals surface area contributed by atoms with Crippen molar-refractivity contribution in [1.82, 2.24) is 4.31 Å². The molecule has 0 bridgehead atoms. The van der Waals surface area contributed by atoms with Crippen molar-refractivity contribution in [3.05, 3.63) is 24.3 Å². The van der Waals surface area contributed by atoms with E-state index in [2.05, 4.69) is 0 Å². The van der Waals surface area contributed by atoms with Crippen LogP contribution in [0.25, 0.3) is 0 Å². The first-order valence-electron chi connectivity index (χ1n) is 5.84. The van der Waals surface area contributed by atoms with Gasteiger partial charge in [-0.15, -0.1) is 0 Å². The Bertz CT molecular complexity index is 517. The Morgan fingerprint density at radius 3 is 2.28 bits per heavy atom. The van der Waals surface area contributed by atoms with Gasteiger partial charge in [0.05, 0.1) is 4.90 Å². The smallest absolute Gasteiger partial charge is 0.243 e. The summed E-state index contributed by atoms with van der Waals surface area (Å²) in [5.74, 6) is -0.0483. The molecule has 1 rings (SSSR count). The molecule has 1 aromatic rings. The van der Waals surface area contributed by atoms with Gasteiger partial charge in [0.25, 0.3) is 0 Å². The number of benzene rings is 1. The lowest BCUT2D eigenvalue weighted by atomic mass is 9.88. The highest BCUT2D eigenvalue weighted by molar-refractivity contribution is 7.89. The molecule has 0 amide bonds. The summed E-state index contributed by atoms with van der Waals surface area (Å²) < 4.78 is 26.1. The molecule has 0 saturated carbocycles. The second-order valence-corrected chi connectivity index (χ2v) is 7.56. The normalized spacial score (nSPS) is 14.8. The molecule has 1 atom stereocenters. The summed E-state index contributed by atoms with van der Waals surface area (Å²) in [6.07, 6.45) is 0. The van der Waals surface area contributed by atoms with E-state index in [1.54, 1.807) is 7.05 Å². The van der Waals surface area contributed by atoms with Crippen LogP contribution in [0.15, 0.2) is 29.2 Å². The van der Waals surface area contributed by atoms with Crippen LogP contribution in [0.4, 0.5) is 0 Å². The van der Waals surface area contributed by atoms with E-state index in [0.717, 1.165) is 0 Å². The molecule has 0 heterocycles. The van der Waals surface area contributed by atoms with Gasteiger partial charge >= 0.3 is 0 Å². The summed E-state index contributed by atoms with van der Waals surface area (Å²) in [6.45, 7) is 7.85. The molecule has 18 heavy (non-hydrogen) atoms. The molecule has 0 saturated heterocycles. The van der Waals surface area contributed by atoms with Gasteiger partial charge in [-0.2, -0.15) is 4.31 Å². The number of hydrogen-bond acceptors (Lipinski definition) is 3. The van der Waals surface area contributed by atoms with Crippen molar-refractivity contribution in [2.75, 3.05) is 7.05 Å². The third-order valence-corrected chi connectivity index (χ3v) is 5.22. The van der Waals surface area contributed by atoms with E-state index in [-0.39, 0.29) is 22.1 Å². The zero-order valence-corrected chi connectivity index (χ0v) is 12.3. The van der Waals surface area contributed by atoms with Crippen molar-refractivity contribution in [3.8, 4) is 5.75 Å². The average molecular weight is 271 g/mol. The molecule has 0 spiro atoms. The van der Waals surface area contributed by atoms with Crippen LogP contribution in [0.5, 0.6) is 5.75 Å². The molecule has 1 unspecified atom stereocenters. The van der Waals surface area contributed by atoms with Gasteiger partial charge in [-0.25, -0.2) is 8.42 Å². The second-order valence-electron chi connectivity index (χ2n) is 5.56. The molecule has 4 nitrogen and oxygen atoms in total. The largest absolute Gasteiger partial charge is 0.508 e. The van der Waals surface area contributed by atoms with Gasteiger partial charge in [-0.1, -0.05) is 26.8 Å². The van der Waals surface area contributed by atoms with Crippen molar-refractivity contribution < 1.29 is 13.5 Å². The molecule has 1 N–H and O–H groups in total. The van der Waals surface area contributed by atoms with Gasteiger partial charge in [0.1, 0.15) is 5.75 Å². The van der Waals surface area contributed by atoms with E-state index >= 15 is 0 Å². The van der Waals surface area contributed by atoms with Crippen molar-refractivity contribution >= 4 is 10.0 Å². The van der Waals surface area contributed by atoms with Crippen molar-refractivity contribution in [1.29, 1.82) is 0 Å². The maximum Gasteiger partial charge on any atom is 0.243 e. The zero-order valence-electron chi connectivity index (χ0n) is 11.5. The van der Waals surface area contributed by atoms with Crippen LogP contribution in [0.1, 0.15) is 27.7 Å². The van der Waals surface area contributed by atoms with Crippen LogP contribution in [0, 0.1) is 5.41 Å². The number of hydrogen-bond donors (Lipinski definition) is 1. The molecule has 0 aliphatic heterocycles. The molecule has 0 aliphatic carbocycles. The Morgan fingerprint density at radius 2 is 1.83 bits per heavy atom. The van der Waals surface area contributed by atoms with E-state index in [1.165, 1.54) is 28.6 Å². The molecule has 0 aliphatic rings. The minimum atomic E-state index is -3.57. The predicted molar refractivity (Wildman–Crippen MR) is 72.0 cm³/mol. The average Bonchev–Trinajstić information content (AvgIpc) is 2.25. The summed E-state index contributed by atoms with van der Waals surface area (Å²) >= 11 is 0. The fraction of sp³-hybridized carbons (Fsp3) is 0.538. The minimum absolute atomic E-state index is 0.0483. The van der Waals surface area contributed by atoms with E-state index in [0.29, 0.717) is 0 Å². The number of sulfonamides is 1. The minimum Gasteiger partial charge on any atom is -0.508 e. The first kappa shape index (κ1) is 15.0. The van der Waals surface area contributed by atoms with E-state index in [9.17, 15) is 13.5 Å². The highest BCUT2D eigenvalue weighted by Gasteiger charge is 2.32. The molecule has 0 radical (unpaired) electrons. The summed E-state index contributed by atoms with van der Waals surface area (Å²) in [5.41, 5.74) is -0.154. The Hall–Kier alpha value is -1.07. The molecule has 0 aromatic heterocycles. The van der Waals surface area contributed by atoms with Gasteiger partial charge in [0.2, 0.25) is 10.0 Å². The third-order valence-electron chi connectivity index (χ3n) is 3.29.